The summed E-state index contributed by atoms with van der Waals surface area (Å²) in [6, 6.07) is 33.7. The number of carbonyl (C=O) groups is 1. The number of nitrogens with zero attached hydrogens (tertiary/aromatic N) is 3. The molecule has 0 bridgehead atoms. The summed E-state index contributed by atoms with van der Waals surface area (Å²) in [5, 5.41) is 6.77. The summed E-state index contributed by atoms with van der Waals surface area (Å²) in [5.41, 5.74) is 6.77. The molecule has 7 heteroatoms. The van der Waals surface area contributed by atoms with Crippen molar-refractivity contribution in [3.63, 3.8) is 0 Å². The molecule has 2 aliphatic rings. The number of rotatable bonds is 5. The van der Waals surface area contributed by atoms with E-state index in [2.05, 4.69) is 67.2 Å². The van der Waals surface area contributed by atoms with Crippen LogP contribution in [0.2, 0.25) is 0 Å². The number of amides is 1. The summed E-state index contributed by atoms with van der Waals surface area (Å²) in [7, 11) is 0. The first-order chi connectivity index (χ1) is 21.0. The second kappa shape index (κ2) is 11.9. The van der Waals surface area contributed by atoms with E-state index < -0.39 is 0 Å². The molecular formula is C36H27Br2N3O2. The molecule has 0 spiro atoms. The van der Waals surface area contributed by atoms with E-state index in [-0.39, 0.29) is 17.9 Å². The molecule has 0 saturated heterocycles. The number of hydrogen-bond donors (Lipinski definition) is 0. The summed E-state index contributed by atoms with van der Waals surface area (Å²) < 4.78 is 8.08. The minimum absolute atomic E-state index is 0.123. The number of hydrazone groups is 1. The highest BCUT2D eigenvalue weighted by atomic mass is 79.9. The van der Waals surface area contributed by atoms with Gasteiger partial charge in [-0.25, -0.2) is 9.99 Å². The van der Waals surface area contributed by atoms with Crippen molar-refractivity contribution >= 4 is 49.6 Å². The molecular weight excluding hydrogens is 666 g/mol. The lowest BCUT2D eigenvalue weighted by Gasteiger charge is -2.29. The highest BCUT2D eigenvalue weighted by molar-refractivity contribution is 9.10. The zero-order valence-corrected chi connectivity index (χ0v) is 26.3. The molecule has 0 unspecified atom stereocenters. The smallest absolute Gasteiger partial charge is 0.274 e. The van der Waals surface area contributed by atoms with Crippen molar-refractivity contribution < 1.29 is 9.21 Å². The number of allylic oxidation sites excluding steroid dienone is 1. The molecule has 1 fully saturated rings. The number of fused-ring (bicyclic) bond motifs is 1. The second-order valence-electron chi connectivity index (χ2n) is 10.8. The van der Waals surface area contributed by atoms with Gasteiger partial charge in [0.2, 0.25) is 5.89 Å². The lowest BCUT2D eigenvalue weighted by molar-refractivity contribution is 0.0681. The van der Waals surface area contributed by atoms with E-state index in [0.717, 1.165) is 56.2 Å². The van der Waals surface area contributed by atoms with Gasteiger partial charge in [0.15, 0.2) is 5.76 Å². The Hall–Kier alpha value is -4.07. The minimum atomic E-state index is -0.177. The first-order valence-corrected chi connectivity index (χ1v) is 15.9. The van der Waals surface area contributed by atoms with Crippen LogP contribution >= 0.6 is 31.9 Å². The van der Waals surface area contributed by atoms with E-state index in [0.29, 0.717) is 17.2 Å². The second-order valence-corrected chi connectivity index (χ2v) is 12.7. The van der Waals surface area contributed by atoms with Gasteiger partial charge in [0.1, 0.15) is 0 Å². The Bertz CT molecular complexity index is 1830. The van der Waals surface area contributed by atoms with Gasteiger partial charge in [-0.05, 0) is 90.6 Å². The van der Waals surface area contributed by atoms with Crippen molar-refractivity contribution in [3.05, 3.63) is 141 Å². The largest absolute Gasteiger partial charge is 0.436 e. The zero-order chi connectivity index (χ0) is 29.3. The predicted molar refractivity (Wildman–Crippen MR) is 177 cm³/mol. The number of aromatic nitrogens is 1. The molecule has 212 valence electrons. The Kier molecular flexibility index (Phi) is 7.68. The van der Waals surface area contributed by atoms with E-state index in [1.165, 1.54) is 5.57 Å². The molecule has 5 aromatic rings. The van der Waals surface area contributed by atoms with E-state index in [9.17, 15) is 4.79 Å². The Morgan fingerprint density at radius 3 is 2.26 bits per heavy atom. The maximum absolute atomic E-state index is 14.1. The molecule has 7 rings (SSSR count). The lowest BCUT2D eigenvalue weighted by Crippen LogP contribution is -2.31. The van der Waals surface area contributed by atoms with Crippen molar-refractivity contribution in [1.82, 2.24) is 9.99 Å². The first-order valence-electron chi connectivity index (χ1n) is 14.3. The quantitative estimate of drug-likeness (QED) is 0.184. The molecule has 1 aliphatic heterocycles. The van der Waals surface area contributed by atoms with Crippen molar-refractivity contribution in [2.24, 2.45) is 11.0 Å². The van der Waals surface area contributed by atoms with Crippen LogP contribution in [0.5, 0.6) is 0 Å². The van der Waals surface area contributed by atoms with Crippen LogP contribution in [0.1, 0.15) is 46.8 Å². The van der Waals surface area contributed by atoms with Crippen LogP contribution in [0.3, 0.4) is 0 Å². The summed E-state index contributed by atoms with van der Waals surface area (Å²) >= 11 is 7.09. The fourth-order valence-corrected chi connectivity index (χ4v) is 6.48. The van der Waals surface area contributed by atoms with E-state index in [4.69, 9.17) is 9.52 Å². The Balaban J connectivity index is 1.21. The van der Waals surface area contributed by atoms with E-state index in [1.54, 1.807) is 11.2 Å². The average molecular weight is 693 g/mol. The number of oxazole rings is 1. The lowest BCUT2D eigenvalue weighted by atomic mass is 9.77. The van der Waals surface area contributed by atoms with Crippen LogP contribution in [0, 0.1) is 5.92 Å². The maximum Gasteiger partial charge on any atom is 0.274 e. The molecule has 0 radical (unpaired) electrons. The molecule has 43 heavy (non-hydrogen) atoms. The summed E-state index contributed by atoms with van der Waals surface area (Å²) in [6.07, 6.45) is 6.92. The molecule has 4 aromatic carbocycles. The third-order valence-corrected chi connectivity index (χ3v) is 9.13. The molecule has 1 aromatic heterocycles. The minimum Gasteiger partial charge on any atom is -0.436 e. The van der Waals surface area contributed by atoms with Gasteiger partial charge in [-0.3, -0.25) is 4.79 Å². The molecule has 5 nitrogen and oxygen atoms in total. The number of benzene rings is 4. The van der Waals surface area contributed by atoms with Crippen molar-refractivity contribution in [1.29, 1.82) is 0 Å². The average Bonchev–Trinajstić information content (AvgIpc) is 3.69. The third-order valence-electron chi connectivity index (χ3n) is 8.07. The van der Waals surface area contributed by atoms with Crippen LogP contribution in [0.4, 0.5) is 0 Å². The van der Waals surface area contributed by atoms with Gasteiger partial charge in [0.25, 0.3) is 5.91 Å². The van der Waals surface area contributed by atoms with Gasteiger partial charge >= 0.3 is 0 Å². The van der Waals surface area contributed by atoms with Crippen LogP contribution < -0.4 is 0 Å². The van der Waals surface area contributed by atoms with Gasteiger partial charge in [-0.1, -0.05) is 86.5 Å². The molecule has 2 heterocycles. The Labute approximate surface area is 267 Å². The van der Waals surface area contributed by atoms with Crippen LogP contribution in [-0.2, 0) is 0 Å². The maximum atomic E-state index is 14.1. The van der Waals surface area contributed by atoms with E-state index >= 15 is 0 Å². The van der Waals surface area contributed by atoms with Gasteiger partial charge in [0, 0.05) is 31.6 Å². The summed E-state index contributed by atoms with van der Waals surface area (Å²) in [6.45, 7) is 0. The normalized spacial score (nSPS) is 18.9. The summed E-state index contributed by atoms with van der Waals surface area (Å²) in [4.78, 5) is 18.6. The first kappa shape index (κ1) is 27.7. The van der Waals surface area contributed by atoms with Crippen molar-refractivity contribution in [3.8, 4) is 22.8 Å². The fraction of sp³-hybridized carbons (Fsp3) is 0.139. The topological polar surface area (TPSA) is 58.7 Å². The fourth-order valence-electron chi connectivity index (χ4n) is 5.95. The number of hydrogen-bond acceptors (Lipinski definition) is 4. The number of carbonyl (C=O) groups excluding carboxylic acids is 1. The van der Waals surface area contributed by atoms with E-state index in [1.807, 2.05) is 78.9 Å². The van der Waals surface area contributed by atoms with Gasteiger partial charge < -0.3 is 4.42 Å². The summed E-state index contributed by atoms with van der Waals surface area (Å²) in [5.74, 6) is 1.22. The van der Waals surface area contributed by atoms with Crippen molar-refractivity contribution in [2.45, 2.75) is 25.3 Å². The number of halogens is 2. The monoisotopic (exact) mass is 691 g/mol. The third kappa shape index (κ3) is 5.67. The van der Waals surface area contributed by atoms with Crippen LogP contribution in [0.25, 0.3) is 28.9 Å². The van der Waals surface area contributed by atoms with Crippen LogP contribution in [0.15, 0.2) is 133 Å². The molecule has 1 amide bonds. The molecule has 2 atom stereocenters. The highest BCUT2D eigenvalue weighted by Gasteiger charge is 2.44. The van der Waals surface area contributed by atoms with Crippen LogP contribution in [-0.4, -0.2) is 21.6 Å². The molecule has 1 aliphatic carbocycles. The van der Waals surface area contributed by atoms with Gasteiger partial charge in [0.05, 0.1) is 18.0 Å². The molecule has 1 saturated carbocycles. The Morgan fingerprint density at radius 2 is 1.53 bits per heavy atom. The standard InChI is InChI=1S/C36H27Br2N3O2/c37-29-17-9-23(10-18-29)21-28-7-4-8-31-33(28)40-41(34(31)25-15-19-30(38)20-16-25)36(42)27-13-11-26(12-14-27)35-39-22-32(43-35)24-5-2-1-3-6-24/h1-3,5-6,9-22,31,34H,4,7-8H2/b28-21-/t31-,34+/m0/s1. The Morgan fingerprint density at radius 1 is 0.837 bits per heavy atom. The van der Waals surface area contributed by atoms with Gasteiger partial charge in [-0.2, -0.15) is 5.10 Å². The van der Waals surface area contributed by atoms with Gasteiger partial charge in [-0.15, -0.1) is 0 Å². The van der Waals surface area contributed by atoms with Crippen molar-refractivity contribution in [2.75, 3.05) is 0 Å². The zero-order valence-electron chi connectivity index (χ0n) is 23.2. The molecule has 0 N–H and O–H groups in total. The highest BCUT2D eigenvalue weighted by Crippen LogP contribution is 2.45. The SMILES string of the molecule is O=C(c1ccc(-c2ncc(-c3ccccc3)o2)cc1)N1N=C2/C(=C\c3ccc(Br)cc3)CCC[C@@H]2[C@H]1c1ccc(Br)cc1. The predicted octanol–water partition coefficient (Wildman–Crippen LogP) is 9.97.